The molecule has 0 aromatic heterocycles. The van der Waals surface area contributed by atoms with Gasteiger partial charge in [0.1, 0.15) is 5.75 Å². The zero-order valence-corrected chi connectivity index (χ0v) is 16.0. The van der Waals surface area contributed by atoms with Crippen molar-refractivity contribution >= 4 is 15.8 Å². The molecule has 1 aliphatic rings. The van der Waals surface area contributed by atoms with Crippen molar-refractivity contribution in [1.29, 1.82) is 0 Å². The summed E-state index contributed by atoms with van der Waals surface area (Å²) in [7, 11) is -3.12. The number of hydrogen-bond acceptors (Lipinski definition) is 4. The second kappa shape index (κ2) is 8.20. The van der Waals surface area contributed by atoms with Crippen molar-refractivity contribution in [2.24, 2.45) is 4.99 Å². The third kappa shape index (κ3) is 5.06. The first-order valence-electron chi connectivity index (χ1n) is 8.44. The van der Waals surface area contributed by atoms with Gasteiger partial charge < -0.3 is 15.0 Å². The summed E-state index contributed by atoms with van der Waals surface area (Å²) in [5, 5.41) is 3.18. The van der Waals surface area contributed by atoms with Gasteiger partial charge >= 0.3 is 6.61 Å². The lowest BCUT2D eigenvalue weighted by atomic mass is 10.2. The van der Waals surface area contributed by atoms with Crippen LogP contribution in [0.5, 0.6) is 5.75 Å². The van der Waals surface area contributed by atoms with Gasteiger partial charge in [-0.1, -0.05) is 12.1 Å². The molecule has 0 unspecified atom stereocenters. The van der Waals surface area contributed by atoms with Gasteiger partial charge in [0.15, 0.2) is 15.8 Å². The van der Waals surface area contributed by atoms with E-state index in [0.717, 1.165) is 5.56 Å². The van der Waals surface area contributed by atoms with Crippen LogP contribution in [0.15, 0.2) is 29.3 Å². The fourth-order valence-corrected chi connectivity index (χ4v) is 4.06. The summed E-state index contributed by atoms with van der Waals surface area (Å²) in [4.78, 5) is 6.50. The van der Waals surface area contributed by atoms with Crippen LogP contribution in [-0.2, 0) is 16.4 Å². The number of guanidine groups is 1. The van der Waals surface area contributed by atoms with E-state index in [1.165, 1.54) is 12.1 Å². The van der Waals surface area contributed by atoms with Gasteiger partial charge in [0.05, 0.1) is 17.0 Å². The van der Waals surface area contributed by atoms with Crippen molar-refractivity contribution in [3.8, 4) is 5.75 Å². The summed E-state index contributed by atoms with van der Waals surface area (Å²) < 4.78 is 52.2. The molecule has 2 rings (SSSR count). The maximum Gasteiger partial charge on any atom is 0.387 e. The zero-order chi connectivity index (χ0) is 19.4. The smallest absolute Gasteiger partial charge is 0.387 e. The summed E-state index contributed by atoms with van der Waals surface area (Å²) in [6.45, 7) is 4.29. The first-order valence-corrected chi connectivity index (χ1v) is 10.1. The standard InChI is InChI=1S/C17H25F2N3O3S/c1-4-20-16(22-9-10-26(23,24)17(2,3)12-22)21-11-13-5-7-14(8-6-13)25-15(18)19/h5-8,15H,4,9-12H2,1-3H3,(H,20,21). The van der Waals surface area contributed by atoms with Gasteiger partial charge in [-0.15, -0.1) is 0 Å². The molecule has 0 radical (unpaired) electrons. The number of halogens is 2. The summed E-state index contributed by atoms with van der Waals surface area (Å²) in [6.07, 6.45) is 0. The van der Waals surface area contributed by atoms with E-state index < -0.39 is 21.2 Å². The Balaban J connectivity index is 2.09. The van der Waals surface area contributed by atoms with Gasteiger partial charge in [-0.3, -0.25) is 0 Å². The molecule has 1 saturated heterocycles. The van der Waals surface area contributed by atoms with Gasteiger partial charge in [0.25, 0.3) is 0 Å². The minimum Gasteiger partial charge on any atom is -0.435 e. The van der Waals surface area contributed by atoms with Crippen molar-refractivity contribution in [3.05, 3.63) is 29.8 Å². The molecular weight excluding hydrogens is 364 g/mol. The Morgan fingerprint density at radius 2 is 2.00 bits per heavy atom. The molecule has 0 bridgehead atoms. The summed E-state index contributed by atoms with van der Waals surface area (Å²) in [5.41, 5.74) is 0.839. The van der Waals surface area contributed by atoms with Gasteiger partial charge in [0.2, 0.25) is 0 Å². The van der Waals surface area contributed by atoms with E-state index in [0.29, 0.717) is 32.1 Å². The van der Waals surface area contributed by atoms with Crippen LogP contribution >= 0.6 is 0 Å². The fraction of sp³-hybridized carbons (Fsp3) is 0.588. The van der Waals surface area contributed by atoms with Crippen LogP contribution in [-0.4, -0.2) is 56.0 Å². The number of rotatable bonds is 5. The van der Waals surface area contributed by atoms with Gasteiger partial charge in [-0.25, -0.2) is 13.4 Å². The second-order valence-electron chi connectivity index (χ2n) is 6.69. The molecule has 0 aliphatic carbocycles. The van der Waals surface area contributed by atoms with Crippen molar-refractivity contribution in [2.45, 2.75) is 38.7 Å². The Morgan fingerprint density at radius 3 is 2.54 bits per heavy atom. The molecule has 26 heavy (non-hydrogen) atoms. The lowest BCUT2D eigenvalue weighted by Gasteiger charge is -2.39. The van der Waals surface area contributed by atoms with Gasteiger partial charge in [0, 0.05) is 19.6 Å². The Morgan fingerprint density at radius 1 is 1.35 bits per heavy atom. The first kappa shape index (κ1) is 20.4. The van der Waals surface area contributed by atoms with Crippen LogP contribution < -0.4 is 10.1 Å². The zero-order valence-electron chi connectivity index (χ0n) is 15.2. The quantitative estimate of drug-likeness (QED) is 0.618. The molecule has 1 aromatic rings. The van der Waals surface area contributed by atoms with Crippen LogP contribution in [0.3, 0.4) is 0 Å². The van der Waals surface area contributed by atoms with Crippen LogP contribution in [0, 0.1) is 0 Å². The fourth-order valence-electron chi connectivity index (χ4n) is 2.69. The summed E-state index contributed by atoms with van der Waals surface area (Å²) in [6, 6.07) is 6.30. The predicted molar refractivity (Wildman–Crippen MR) is 97.3 cm³/mol. The average molecular weight is 389 g/mol. The minimum atomic E-state index is -3.12. The number of hydrogen-bond donors (Lipinski definition) is 1. The second-order valence-corrected chi connectivity index (χ2v) is 9.44. The molecule has 9 heteroatoms. The maximum atomic E-state index is 12.2. The lowest BCUT2D eigenvalue weighted by molar-refractivity contribution is -0.0498. The maximum absolute atomic E-state index is 12.2. The van der Waals surface area contributed by atoms with E-state index in [9.17, 15) is 17.2 Å². The average Bonchev–Trinajstić information content (AvgIpc) is 2.55. The minimum absolute atomic E-state index is 0.0874. The summed E-state index contributed by atoms with van der Waals surface area (Å²) in [5.74, 6) is 0.829. The monoisotopic (exact) mass is 389 g/mol. The van der Waals surface area contributed by atoms with Gasteiger partial charge in [-0.05, 0) is 38.5 Å². The molecule has 1 fully saturated rings. The van der Waals surface area contributed by atoms with Crippen LogP contribution in [0.4, 0.5) is 8.78 Å². The number of nitrogens with zero attached hydrogens (tertiary/aromatic N) is 2. The highest BCUT2D eigenvalue weighted by atomic mass is 32.2. The van der Waals surface area contributed by atoms with E-state index in [4.69, 9.17) is 0 Å². The molecular formula is C17H25F2N3O3S. The van der Waals surface area contributed by atoms with E-state index in [2.05, 4.69) is 15.0 Å². The van der Waals surface area contributed by atoms with E-state index in [1.807, 2.05) is 11.8 Å². The highest BCUT2D eigenvalue weighted by Gasteiger charge is 2.40. The third-order valence-electron chi connectivity index (χ3n) is 4.24. The molecule has 6 nitrogen and oxygen atoms in total. The van der Waals surface area contributed by atoms with Crippen LogP contribution in [0.1, 0.15) is 26.3 Å². The topological polar surface area (TPSA) is 71.0 Å². The van der Waals surface area contributed by atoms with E-state index in [-0.39, 0.29) is 11.5 Å². The third-order valence-corrected chi connectivity index (χ3v) is 6.77. The molecule has 1 N–H and O–H groups in total. The first-order chi connectivity index (χ1) is 12.1. The summed E-state index contributed by atoms with van der Waals surface area (Å²) >= 11 is 0. The predicted octanol–water partition coefficient (Wildman–Crippen LogP) is 2.26. The Bertz CT molecular complexity index is 734. The van der Waals surface area contributed by atoms with Crippen LogP contribution in [0.2, 0.25) is 0 Å². The number of ether oxygens (including phenoxy) is 1. The Hall–Kier alpha value is -1.90. The normalized spacial score (nSPS) is 19.5. The molecule has 1 heterocycles. The number of aliphatic imine (C=N–C) groups is 1. The van der Waals surface area contributed by atoms with Crippen molar-refractivity contribution in [1.82, 2.24) is 10.2 Å². The van der Waals surface area contributed by atoms with E-state index in [1.54, 1.807) is 26.0 Å². The van der Waals surface area contributed by atoms with Crippen molar-refractivity contribution in [2.75, 3.05) is 25.4 Å². The molecule has 1 aliphatic heterocycles. The van der Waals surface area contributed by atoms with Crippen molar-refractivity contribution < 1.29 is 21.9 Å². The molecule has 0 atom stereocenters. The highest BCUT2D eigenvalue weighted by Crippen LogP contribution is 2.24. The number of nitrogens with one attached hydrogen (secondary N) is 1. The van der Waals surface area contributed by atoms with Crippen LogP contribution in [0.25, 0.3) is 0 Å². The van der Waals surface area contributed by atoms with Crippen molar-refractivity contribution in [3.63, 3.8) is 0 Å². The molecule has 0 saturated carbocycles. The molecule has 1 aromatic carbocycles. The van der Waals surface area contributed by atoms with E-state index >= 15 is 0 Å². The Kier molecular flexibility index (Phi) is 6.44. The number of sulfone groups is 1. The highest BCUT2D eigenvalue weighted by molar-refractivity contribution is 7.92. The van der Waals surface area contributed by atoms with Gasteiger partial charge in [-0.2, -0.15) is 8.78 Å². The largest absolute Gasteiger partial charge is 0.435 e. The molecule has 0 spiro atoms. The SMILES string of the molecule is CCNC(=NCc1ccc(OC(F)F)cc1)N1CCS(=O)(=O)C(C)(C)C1. The lowest BCUT2D eigenvalue weighted by Crippen LogP contribution is -2.57. The Labute approximate surface area is 153 Å². The number of benzene rings is 1. The number of alkyl halides is 2. The molecule has 146 valence electrons. The molecule has 0 amide bonds.